The van der Waals surface area contributed by atoms with E-state index in [2.05, 4.69) is 15.3 Å². The summed E-state index contributed by atoms with van der Waals surface area (Å²) >= 11 is 2.71. The first-order chi connectivity index (χ1) is 11.0. The van der Waals surface area contributed by atoms with E-state index >= 15 is 0 Å². The number of aromatic nitrogens is 2. The van der Waals surface area contributed by atoms with E-state index in [0.29, 0.717) is 30.3 Å². The lowest BCUT2D eigenvalue weighted by Crippen LogP contribution is -2.40. The maximum Gasteiger partial charge on any atom is 0.271 e. The molecule has 3 rings (SSSR count). The zero-order valence-electron chi connectivity index (χ0n) is 12.6. The van der Waals surface area contributed by atoms with E-state index in [9.17, 15) is 9.59 Å². The number of rotatable bonds is 4. The maximum atomic E-state index is 12.3. The molecular weight excluding hydrogens is 334 g/mol. The smallest absolute Gasteiger partial charge is 0.271 e. The van der Waals surface area contributed by atoms with Crippen LogP contribution in [-0.4, -0.2) is 45.8 Å². The van der Waals surface area contributed by atoms with Crippen molar-refractivity contribution in [3.05, 3.63) is 27.7 Å². The van der Waals surface area contributed by atoms with E-state index in [0.717, 1.165) is 5.69 Å². The molecule has 0 aromatic carbocycles. The summed E-state index contributed by atoms with van der Waals surface area (Å²) < 4.78 is 0. The van der Waals surface area contributed by atoms with Gasteiger partial charge in [-0.25, -0.2) is 9.97 Å². The van der Waals surface area contributed by atoms with Gasteiger partial charge in [-0.05, 0) is 5.92 Å². The van der Waals surface area contributed by atoms with Gasteiger partial charge in [0, 0.05) is 23.8 Å². The highest BCUT2D eigenvalue weighted by Gasteiger charge is 2.33. The highest BCUT2D eigenvalue weighted by atomic mass is 32.1. The van der Waals surface area contributed by atoms with Gasteiger partial charge in [-0.2, -0.15) is 0 Å². The van der Waals surface area contributed by atoms with Crippen LogP contribution in [0.3, 0.4) is 0 Å². The lowest BCUT2D eigenvalue weighted by Gasteiger charge is -2.16. The molecule has 0 saturated carbocycles. The Kier molecular flexibility index (Phi) is 4.58. The normalized spacial score (nSPS) is 20.7. The average molecular weight is 351 g/mol. The number of nitrogen functional groups attached to an aromatic ring is 1. The molecule has 0 spiro atoms. The molecule has 2 aromatic rings. The number of nitrogens with one attached hydrogen (secondary N) is 1. The molecule has 0 bridgehead atoms. The van der Waals surface area contributed by atoms with Crippen LogP contribution in [0.1, 0.15) is 23.1 Å². The number of nitrogens with two attached hydrogens (primary N) is 1. The zero-order chi connectivity index (χ0) is 16.4. The summed E-state index contributed by atoms with van der Waals surface area (Å²) in [7, 11) is 0. The third kappa shape index (κ3) is 3.67. The average Bonchev–Trinajstić information content (AvgIpc) is 3.22. The number of carbonyl (C=O) groups is 2. The number of amides is 2. The lowest BCUT2D eigenvalue weighted by atomic mass is 10.1. The molecule has 1 fully saturated rings. The Morgan fingerprint density at radius 2 is 2.26 bits per heavy atom. The monoisotopic (exact) mass is 351 g/mol. The summed E-state index contributed by atoms with van der Waals surface area (Å²) in [5.41, 5.74) is 8.38. The highest BCUT2D eigenvalue weighted by Crippen LogP contribution is 2.19. The van der Waals surface area contributed by atoms with Crippen molar-refractivity contribution < 1.29 is 9.59 Å². The van der Waals surface area contributed by atoms with Crippen molar-refractivity contribution in [1.82, 2.24) is 20.2 Å². The number of likely N-dealkylation sites (tertiary alicyclic amines) is 1. The fraction of sp³-hybridized carbons (Fsp3) is 0.429. The first kappa shape index (κ1) is 15.9. The van der Waals surface area contributed by atoms with Crippen molar-refractivity contribution in [2.75, 3.05) is 18.8 Å². The van der Waals surface area contributed by atoms with Crippen LogP contribution in [0.15, 0.2) is 16.3 Å². The van der Waals surface area contributed by atoms with Gasteiger partial charge in [-0.3, -0.25) is 9.59 Å². The van der Waals surface area contributed by atoms with Crippen molar-refractivity contribution in [3.63, 3.8) is 0 Å². The van der Waals surface area contributed by atoms with Crippen LogP contribution in [0.25, 0.3) is 0 Å². The van der Waals surface area contributed by atoms with Crippen LogP contribution in [-0.2, 0) is 11.2 Å². The minimum atomic E-state index is -0.247. The van der Waals surface area contributed by atoms with Gasteiger partial charge in [0.05, 0.1) is 23.7 Å². The summed E-state index contributed by atoms with van der Waals surface area (Å²) in [5, 5.41) is 6.83. The summed E-state index contributed by atoms with van der Waals surface area (Å²) in [6, 6.07) is -0.0789. The van der Waals surface area contributed by atoms with Crippen molar-refractivity contribution in [3.8, 4) is 0 Å². The number of hydrogen-bond acceptors (Lipinski definition) is 7. The van der Waals surface area contributed by atoms with Gasteiger partial charge in [0.15, 0.2) is 5.13 Å². The van der Waals surface area contributed by atoms with Gasteiger partial charge >= 0.3 is 0 Å². The van der Waals surface area contributed by atoms with Crippen LogP contribution in [0.5, 0.6) is 0 Å². The van der Waals surface area contributed by atoms with Crippen molar-refractivity contribution in [2.45, 2.75) is 19.4 Å². The largest absolute Gasteiger partial charge is 0.375 e. The van der Waals surface area contributed by atoms with Gasteiger partial charge < -0.3 is 16.0 Å². The standard InChI is InChI=1S/C14H17N5O2S2/c1-8-3-19(12(20)2-9-5-22-7-16-9)4-10(8)17-13(21)11-6-23-14(15)18-11/h5-8,10H,2-4H2,1H3,(H2,15,18)(H,17,21)/t8-,10-/m1/s1. The van der Waals surface area contributed by atoms with Gasteiger partial charge in [0.1, 0.15) is 5.69 Å². The van der Waals surface area contributed by atoms with Gasteiger partial charge in [0.25, 0.3) is 5.91 Å². The molecule has 9 heteroatoms. The first-order valence-corrected chi connectivity index (χ1v) is 9.02. The first-order valence-electron chi connectivity index (χ1n) is 7.19. The molecule has 0 radical (unpaired) electrons. The molecule has 2 amide bonds. The number of thiazole rings is 2. The van der Waals surface area contributed by atoms with Crippen molar-refractivity contribution in [2.24, 2.45) is 5.92 Å². The zero-order valence-corrected chi connectivity index (χ0v) is 14.2. The van der Waals surface area contributed by atoms with Crippen LogP contribution < -0.4 is 11.1 Å². The van der Waals surface area contributed by atoms with Gasteiger partial charge in [-0.1, -0.05) is 6.92 Å². The SMILES string of the molecule is C[C@@H]1CN(C(=O)Cc2cscn2)C[C@H]1NC(=O)c1csc(N)n1. The second-order valence-corrected chi connectivity index (χ2v) is 7.19. The van der Waals surface area contributed by atoms with E-state index in [1.807, 2.05) is 12.3 Å². The molecule has 1 aliphatic heterocycles. The lowest BCUT2D eigenvalue weighted by molar-refractivity contribution is -0.129. The topological polar surface area (TPSA) is 101 Å². The van der Waals surface area contributed by atoms with Gasteiger partial charge in [-0.15, -0.1) is 22.7 Å². The third-order valence-electron chi connectivity index (χ3n) is 3.85. The molecule has 122 valence electrons. The minimum absolute atomic E-state index is 0.0393. The highest BCUT2D eigenvalue weighted by molar-refractivity contribution is 7.13. The second-order valence-electron chi connectivity index (χ2n) is 5.58. The van der Waals surface area contributed by atoms with Gasteiger partial charge in [0.2, 0.25) is 5.91 Å². The van der Waals surface area contributed by atoms with E-state index < -0.39 is 0 Å². The Balaban J connectivity index is 1.57. The summed E-state index contributed by atoms with van der Waals surface area (Å²) in [6.45, 7) is 3.17. The van der Waals surface area contributed by atoms with E-state index in [1.54, 1.807) is 15.8 Å². The predicted octanol–water partition coefficient (Wildman–Crippen LogP) is 1.00. The molecule has 1 aliphatic rings. The summed E-state index contributed by atoms with van der Waals surface area (Å²) in [6.07, 6.45) is 0.305. The second kappa shape index (κ2) is 6.63. The number of nitrogens with zero attached hydrogens (tertiary/aromatic N) is 3. The molecule has 3 heterocycles. The van der Waals surface area contributed by atoms with Crippen LogP contribution in [0, 0.1) is 5.92 Å². The van der Waals surface area contributed by atoms with Crippen molar-refractivity contribution in [1.29, 1.82) is 0 Å². The van der Waals surface area contributed by atoms with Crippen LogP contribution in [0.2, 0.25) is 0 Å². The Labute approximate surface area is 141 Å². The Morgan fingerprint density at radius 1 is 1.43 bits per heavy atom. The quantitative estimate of drug-likeness (QED) is 0.856. The Hall–Kier alpha value is -2.00. The molecule has 7 nitrogen and oxygen atoms in total. The molecule has 0 unspecified atom stereocenters. The fourth-order valence-electron chi connectivity index (χ4n) is 2.58. The van der Waals surface area contributed by atoms with E-state index in [1.165, 1.54) is 22.7 Å². The van der Waals surface area contributed by atoms with Crippen LogP contribution >= 0.6 is 22.7 Å². The third-order valence-corrected chi connectivity index (χ3v) is 5.16. The molecule has 23 heavy (non-hydrogen) atoms. The number of carbonyl (C=O) groups excluding carboxylic acids is 2. The summed E-state index contributed by atoms with van der Waals surface area (Å²) in [4.78, 5) is 34.4. The predicted molar refractivity (Wildman–Crippen MR) is 89.3 cm³/mol. The van der Waals surface area contributed by atoms with E-state index in [4.69, 9.17) is 5.73 Å². The Morgan fingerprint density at radius 3 is 2.91 bits per heavy atom. The van der Waals surface area contributed by atoms with Crippen molar-refractivity contribution >= 4 is 39.6 Å². The Bertz CT molecular complexity index is 700. The summed E-state index contributed by atoms with van der Waals surface area (Å²) in [5.74, 6) is -0.0182. The molecular formula is C14H17N5O2S2. The maximum absolute atomic E-state index is 12.3. The molecule has 3 N–H and O–H groups in total. The minimum Gasteiger partial charge on any atom is -0.375 e. The molecule has 0 aliphatic carbocycles. The number of anilines is 1. The fourth-order valence-corrected chi connectivity index (χ4v) is 3.69. The van der Waals surface area contributed by atoms with E-state index in [-0.39, 0.29) is 23.8 Å². The molecule has 2 aromatic heterocycles. The number of hydrogen-bond donors (Lipinski definition) is 2. The molecule has 2 atom stereocenters. The molecule has 1 saturated heterocycles. The van der Waals surface area contributed by atoms with Crippen LogP contribution in [0.4, 0.5) is 5.13 Å².